The summed E-state index contributed by atoms with van der Waals surface area (Å²) in [5, 5.41) is 10.2. The summed E-state index contributed by atoms with van der Waals surface area (Å²) in [5.74, 6) is -0.905. The maximum Gasteiger partial charge on any atom is 1.00 e. The number of hydrogen-bond acceptors (Lipinski definition) is 2. The van der Waals surface area contributed by atoms with Crippen LogP contribution in [0.2, 0.25) is 0 Å². The molecule has 0 aliphatic heterocycles. The summed E-state index contributed by atoms with van der Waals surface area (Å²) in [6.45, 7) is 2.26. The van der Waals surface area contributed by atoms with Crippen molar-refractivity contribution < 1.29 is 61.3 Å². The summed E-state index contributed by atoms with van der Waals surface area (Å²) < 4.78 is 0. The molecule has 3 heteroatoms. The second-order valence-corrected chi connectivity index (χ2v) is 5.36. The minimum absolute atomic E-state index is 0. The molecule has 2 nitrogen and oxygen atoms in total. The Morgan fingerprint density at radius 1 is 0.684 bits per heavy atom. The predicted octanol–water partition coefficient (Wildman–Crippen LogP) is 1.22. The molecule has 19 heavy (non-hydrogen) atoms. The van der Waals surface area contributed by atoms with Crippen molar-refractivity contribution in [1.29, 1.82) is 0 Å². The second kappa shape index (κ2) is 19.1. The third kappa shape index (κ3) is 21.6. The first-order valence-corrected chi connectivity index (χ1v) is 7.97. The van der Waals surface area contributed by atoms with Gasteiger partial charge in [-0.1, -0.05) is 84.0 Å². The van der Waals surface area contributed by atoms with Gasteiger partial charge in [0.25, 0.3) is 0 Å². The number of carbonyl (C=O) groups is 1. The summed E-state index contributed by atoms with van der Waals surface area (Å²) in [4.78, 5) is 10.2. The van der Waals surface area contributed by atoms with E-state index in [4.69, 9.17) is 0 Å². The van der Waals surface area contributed by atoms with Crippen molar-refractivity contribution in [2.75, 3.05) is 0 Å². The molecule has 0 bridgehead atoms. The van der Waals surface area contributed by atoms with E-state index in [1.807, 2.05) is 0 Å². The first kappa shape index (κ1) is 22.4. The van der Waals surface area contributed by atoms with Gasteiger partial charge in [0.05, 0.1) is 0 Å². The molecule has 0 atom stereocenters. The number of unbranched alkanes of at least 4 members (excludes halogenated alkanes) is 12. The van der Waals surface area contributed by atoms with Crippen LogP contribution in [-0.4, -0.2) is 5.97 Å². The number of rotatable bonds is 14. The fraction of sp³-hybridized carbons (Fsp3) is 0.938. The van der Waals surface area contributed by atoms with Gasteiger partial charge in [-0.3, -0.25) is 0 Å². The van der Waals surface area contributed by atoms with E-state index in [1.54, 1.807) is 0 Å². The van der Waals surface area contributed by atoms with Crippen LogP contribution in [0.1, 0.15) is 96.8 Å². The van der Waals surface area contributed by atoms with Crippen molar-refractivity contribution in [3.8, 4) is 0 Å². The molecule has 0 aromatic rings. The van der Waals surface area contributed by atoms with E-state index in [9.17, 15) is 9.90 Å². The van der Waals surface area contributed by atoms with Crippen molar-refractivity contribution in [2.24, 2.45) is 0 Å². The zero-order valence-corrected chi connectivity index (χ0v) is 16.3. The van der Waals surface area contributed by atoms with Crippen LogP contribution in [0, 0.1) is 0 Å². The largest absolute Gasteiger partial charge is 1.00 e. The Balaban J connectivity index is 0. The third-order valence-corrected chi connectivity index (χ3v) is 3.48. The molecular weight excluding hydrogens is 279 g/mol. The van der Waals surface area contributed by atoms with Gasteiger partial charge in [0.15, 0.2) is 0 Å². The van der Waals surface area contributed by atoms with E-state index in [0.29, 0.717) is 0 Å². The molecular formula is C16H31KO2. The van der Waals surface area contributed by atoms with Gasteiger partial charge in [0, 0.05) is 5.97 Å². The maximum atomic E-state index is 10.2. The van der Waals surface area contributed by atoms with E-state index in [-0.39, 0.29) is 57.8 Å². The molecule has 0 aliphatic carbocycles. The number of carboxylic acids is 1. The Bertz CT molecular complexity index is 184. The summed E-state index contributed by atoms with van der Waals surface area (Å²) in [6.07, 6.45) is 16.9. The van der Waals surface area contributed by atoms with Crippen molar-refractivity contribution in [1.82, 2.24) is 0 Å². The molecule has 0 amide bonds. The van der Waals surface area contributed by atoms with Gasteiger partial charge in [0.2, 0.25) is 0 Å². The minimum Gasteiger partial charge on any atom is -0.550 e. The molecule has 0 aliphatic rings. The number of carboxylic acid groups (broad SMARTS) is 1. The van der Waals surface area contributed by atoms with E-state index < -0.39 is 5.97 Å². The predicted molar refractivity (Wildman–Crippen MR) is 75.3 cm³/mol. The first-order valence-electron chi connectivity index (χ1n) is 7.97. The molecule has 0 aromatic heterocycles. The fourth-order valence-corrected chi connectivity index (χ4v) is 2.29. The SMILES string of the molecule is [13CH3][13CH2][13CH2][13CH2][13CH2][13CH2][13CH2][13CH2][13CH2][13CH2][13CH2][13CH2][13CH2][13CH2][13CH2][13C](=O)[O-].[K+]. The van der Waals surface area contributed by atoms with Gasteiger partial charge in [0.1, 0.15) is 0 Å². The Hall–Kier alpha value is 1.11. The summed E-state index contributed by atoms with van der Waals surface area (Å²) >= 11 is 0. The van der Waals surface area contributed by atoms with E-state index >= 15 is 0 Å². The Kier molecular flexibility index (Phi) is 22.5. The summed E-state index contributed by atoms with van der Waals surface area (Å²) in [6, 6.07) is 0. The van der Waals surface area contributed by atoms with Crippen molar-refractivity contribution in [2.45, 2.75) is 96.8 Å². The van der Waals surface area contributed by atoms with Gasteiger partial charge in [-0.2, -0.15) is 0 Å². The first-order chi connectivity index (χ1) is 8.77. The Morgan fingerprint density at radius 3 is 1.32 bits per heavy atom. The number of carbonyl (C=O) groups excluding carboxylic acids is 1. The molecule has 0 aromatic carbocycles. The minimum atomic E-state index is -0.905. The molecule has 0 fully saturated rings. The number of aliphatic carboxylic acids is 1. The van der Waals surface area contributed by atoms with Gasteiger partial charge < -0.3 is 9.90 Å². The van der Waals surface area contributed by atoms with Crippen molar-refractivity contribution in [3.63, 3.8) is 0 Å². The molecule has 0 spiro atoms. The Morgan fingerprint density at radius 2 is 1.00 bits per heavy atom. The number of hydrogen-bond donors (Lipinski definition) is 0. The molecule has 108 valence electrons. The van der Waals surface area contributed by atoms with Crippen LogP contribution in [0.4, 0.5) is 0 Å². The summed E-state index contributed by atoms with van der Waals surface area (Å²) in [7, 11) is 0. The van der Waals surface area contributed by atoms with Crippen LogP contribution in [0.3, 0.4) is 0 Å². The average Bonchev–Trinajstić information content (AvgIpc) is 2.34. The molecule has 0 N–H and O–H groups in total. The monoisotopic (exact) mass is 310 g/mol. The standard InChI is InChI=1S/C16H32O2.K/c1-2-3-4-5-6-7-8-9-10-11-12-13-14-15-16(17)18;/h2-15H2,1H3,(H,17,18);/q;+1/p-1/i1+1,2+1,3+1,4+1,5+1,6+1,7+1,8+1,9+1,10+1,11+1,12+1,13+1,14+1,15+1,16+1;. The van der Waals surface area contributed by atoms with Gasteiger partial charge in [-0.25, -0.2) is 0 Å². The molecule has 0 unspecified atom stereocenters. The molecule has 0 heterocycles. The zero-order valence-electron chi connectivity index (χ0n) is 13.2. The fourth-order valence-electron chi connectivity index (χ4n) is 2.29. The van der Waals surface area contributed by atoms with E-state index in [1.165, 1.54) is 70.6 Å². The van der Waals surface area contributed by atoms with Crippen LogP contribution in [0.5, 0.6) is 0 Å². The Labute approximate surface area is 162 Å². The maximum absolute atomic E-state index is 10.2. The van der Waals surface area contributed by atoms with Crippen LogP contribution in [0.15, 0.2) is 0 Å². The summed E-state index contributed by atoms with van der Waals surface area (Å²) in [5.41, 5.74) is 0. The van der Waals surface area contributed by atoms with E-state index in [2.05, 4.69) is 6.92 Å². The van der Waals surface area contributed by atoms with Crippen LogP contribution >= 0.6 is 0 Å². The average molecular weight is 310 g/mol. The molecule has 0 saturated carbocycles. The van der Waals surface area contributed by atoms with E-state index in [0.717, 1.165) is 12.8 Å². The molecule has 0 rings (SSSR count). The quantitative estimate of drug-likeness (QED) is 0.275. The van der Waals surface area contributed by atoms with Crippen LogP contribution < -0.4 is 56.5 Å². The van der Waals surface area contributed by atoms with Crippen molar-refractivity contribution >= 4 is 5.97 Å². The smallest absolute Gasteiger partial charge is 0.550 e. The third-order valence-electron chi connectivity index (χ3n) is 3.48. The zero-order chi connectivity index (χ0) is 13.5. The second-order valence-electron chi connectivity index (χ2n) is 5.36. The van der Waals surface area contributed by atoms with Gasteiger partial charge in [-0.15, -0.1) is 0 Å². The van der Waals surface area contributed by atoms with Crippen LogP contribution in [-0.2, 0) is 4.79 Å². The van der Waals surface area contributed by atoms with Crippen LogP contribution in [0.25, 0.3) is 0 Å². The topological polar surface area (TPSA) is 40.1 Å². The molecule has 0 saturated heterocycles. The molecule has 0 radical (unpaired) electrons. The van der Waals surface area contributed by atoms with Crippen molar-refractivity contribution in [3.05, 3.63) is 0 Å². The van der Waals surface area contributed by atoms with Gasteiger partial charge in [-0.05, 0) is 12.8 Å². The normalized spacial score (nSPS) is 10.2. The van der Waals surface area contributed by atoms with Gasteiger partial charge >= 0.3 is 51.4 Å².